The van der Waals surface area contributed by atoms with E-state index in [1.807, 2.05) is 0 Å². The zero-order chi connectivity index (χ0) is 22.8. The van der Waals surface area contributed by atoms with Gasteiger partial charge in [-0.2, -0.15) is 13.2 Å². The number of rotatable bonds is 7. The molecule has 0 bridgehead atoms. The monoisotopic (exact) mass is 454 g/mol. The van der Waals surface area contributed by atoms with Crippen molar-refractivity contribution in [2.24, 2.45) is 4.99 Å². The maximum atomic E-state index is 13.9. The fourth-order valence-electron chi connectivity index (χ4n) is 3.63. The summed E-state index contributed by atoms with van der Waals surface area (Å²) in [5.74, 6) is -0.592. The van der Waals surface area contributed by atoms with E-state index in [0.29, 0.717) is 29.4 Å². The number of alkyl halides is 3. The highest BCUT2D eigenvalue weighted by Crippen LogP contribution is 2.43. The highest BCUT2D eigenvalue weighted by Gasteiger charge is 2.53. The average molecular weight is 455 g/mol. The Morgan fingerprint density at radius 2 is 2.06 bits per heavy atom. The Kier molecular flexibility index (Phi) is 6.62. The summed E-state index contributed by atoms with van der Waals surface area (Å²) in [5, 5.41) is 13.6. The van der Waals surface area contributed by atoms with E-state index in [1.165, 1.54) is 19.2 Å². The van der Waals surface area contributed by atoms with Gasteiger partial charge in [0.25, 0.3) is 0 Å². The molecule has 1 heterocycles. The van der Waals surface area contributed by atoms with Crippen LogP contribution in [-0.2, 0) is 11.2 Å². The van der Waals surface area contributed by atoms with Gasteiger partial charge in [0, 0.05) is 11.9 Å². The van der Waals surface area contributed by atoms with Crippen LogP contribution >= 0.6 is 11.6 Å². The third kappa shape index (κ3) is 4.85. The van der Waals surface area contributed by atoms with Crippen LogP contribution in [0.2, 0.25) is 5.02 Å². The number of carbonyl (C=O) groups is 1. The van der Waals surface area contributed by atoms with Crippen LogP contribution in [0, 0.1) is 0 Å². The number of aliphatic imine (C=N–C) groups is 1. The van der Waals surface area contributed by atoms with Crippen molar-refractivity contribution in [2.75, 3.05) is 12.4 Å². The number of nitrogens with one attached hydrogen (secondary N) is 1. The van der Waals surface area contributed by atoms with Gasteiger partial charge in [-0.3, -0.25) is 9.79 Å². The molecule has 0 aromatic heterocycles. The molecule has 2 N–H and O–H groups in total. The molecule has 1 amide bonds. The van der Waals surface area contributed by atoms with Crippen molar-refractivity contribution in [3.63, 3.8) is 0 Å². The van der Waals surface area contributed by atoms with Crippen LogP contribution in [0.25, 0.3) is 0 Å². The van der Waals surface area contributed by atoms with E-state index in [9.17, 15) is 23.1 Å². The van der Waals surface area contributed by atoms with Crippen molar-refractivity contribution < 1.29 is 27.8 Å². The molecule has 31 heavy (non-hydrogen) atoms. The number of hydrogen-bond donors (Lipinski definition) is 2. The van der Waals surface area contributed by atoms with Crippen LogP contribution in [0.15, 0.2) is 41.4 Å². The van der Waals surface area contributed by atoms with Gasteiger partial charge in [0.2, 0.25) is 5.91 Å². The first kappa shape index (κ1) is 23.1. The van der Waals surface area contributed by atoms with E-state index in [-0.39, 0.29) is 28.8 Å². The van der Waals surface area contributed by atoms with E-state index in [4.69, 9.17) is 16.3 Å². The van der Waals surface area contributed by atoms with E-state index in [1.54, 1.807) is 31.2 Å². The number of benzene rings is 2. The largest absolute Gasteiger partial charge is 0.495 e. The van der Waals surface area contributed by atoms with Crippen LogP contribution < -0.4 is 10.1 Å². The number of para-hydroxylation sites is 1. The zero-order valence-electron chi connectivity index (χ0n) is 17.0. The minimum Gasteiger partial charge on any atom is -0.495 e. The Morgan fingerprint density at radius 1 is 1.32 bits per heavy atom. The highest BCUT2D eigenvalue weighted by atomic mass is 35.5. The number of nitrogens with zero attached hydrogens (tertiary/aromatic N) is 1. The van der Waals surface area contributed by atoms with E-state index >= 15 is 0 Å². The van der Waals surface area contributed by atoms with Gasteiger partial charge in [-0.1, -0.05) is 30.7 Å². The first-order chi connectivity index (χ1) is 14.6. The summed E-state index contributed by atoms with van der Waals surface area (Å²) in [6.45, 7) is 1.73. The van der Waals surface area contributed by atoms with Crippen LogP contribution in [0.3, 0.4) is 0 Å². The molecule has 0 saturated carbocycles. The van der Waals surface area contributed by atoms with Gasteiger partial charge in [-0.25, -0.2) is 0 Å². The predicted octanol–water partition coefficient (Wildman–Crippen LogP) is 5.42. The third-order valence-electron chi connectivity index (χ3n) is 5.32. The van der Waals surface area contributed by atoms with Crippen LogP contribution in [0.5, 0.6) is 5.75 Å². The molecule has 0 aliphatic carbocycles. The summed E-state index contributed by atoms with van der Waals surface area (Å²) >= 11 is 6.12. The summed E-state index contributed by atoms with van der Waals surface area (Å²) in [5.41, 5.74) is -1.23. The summed E-state index contributed by atoms with van der Waals surface area (Å²) < 4.78 is 47.0. The number of amides is 1. The predicted molar refractivity (Wildman–Crippen MR) is 114 cm³/mol. The first-order valence-corrected chi connectivity index (χ1v) is 10.0. The Morgan fingerprint density at radius 3 is 2.71 bits per heavy atom. The second-order valence-electron chi connectivity index (χ2n) is 7.42. The van der Waals surface area contributed by atoms with Crippen molar-refractivity contribution in [1.29, 1.82) is 0 Å². The van der Waals surface area contributed by atoms with E-state index in [0.717, 1.165) is 0 Å². The Balaban J connectivity index is 1.92. The van der Waals surface area contributed by atoms with Crippen LogP contribution in [-0.4, -0.2) is 36.1 Å². The molecule has 5 nitrogen and oxygen atoms in total. The molecule has 9 heteroatoms. The molecule has 0 saturated heterocycles. The SMILES string of the molecule is CCC(CC(O)(C=Nc1ccc2c(c1)CC(=O)N2)C(F)(F)F)c1cccc(Cl)c1OC. The summed E-state index contributed by atoms with van der Waals surface area (Å²) in [6, 6.07) is 9.43. The molecule has 0 spiro atoms. The first-order valence-electron chi connectivity index (χ1n) is 9.67. The smallest absolute Gasteiger partial charge is 0.422 e. The topological polar surface area (TPSA) is 70.9 Å². The van der Waals surface area contributed by atoms with Crippen LogP contribution in [0.4, 0.5) is 24.5 Å². The summed E-state index contributed by atoms with van der Waals surface area (Å²) in [4.78, 5) is 15.4. The normalized spacial score (nSPS) is 16.7. The standard InChI is InChI=1S/C22H22ClF3N2O3/c1-3-13(16-5-4-6-17(23)20(16)31-2)11-21(30,22(24,25)26)12-27-15-7-8-18-14(9-15)10-19(29)28-18/h4-9,12-13,30H,3,10-11H2,1-2H3,(H,28,29). The second kappa shape index (κ2) is 8.88. The molecule has 0 radical (unpaired) electrons. The number of halogens is 4. The molecule has 2 aromatic carbocycles. The average Bonchev–Trinajstić information content (AvgIpc) is 3.08. The highest BCUT2D eigenvalue weighted by molar-refractivity contribution is 6.32. The molecular weight excluding hydrogens is 433 g/mol. The van der Waals surface area contributed by atoms with Gasteiger partial charge in [0.1, 0.15) is 5.75 Å². The lowest BCUT2D eigenvalue weighted by Crippen LogP contribution is -2.47. The van der Waals surface area contributed by atoms with Gasteiger partial charge in [-0.15, -0.1) is 0 Å². The molecule has 1 aliphatic rings. The molecule has 3 rings (SSSR count). The van der Waals surface area contributed by atoms with Gasteiger partial charge in [0.05, 0.1) is 24.2 Å². The van der Waals surface area contributed by atoms with Crippen molar-refractivity contribution >= 4 is 35.1 Å². The fraction of sp³-hybridized carbons (Fsp3) is 0.364. The minimum atomic E-state index is -4.95. The maximum absolute atomic E-state index is 13.9. The molecule has 2 unspecified atom stereocenters. The van der Waals surface area contributed by atoms with E-state index in [2.05, 4.69) is 10.3 Å². The molecule has 2 atom stereocenters. The number of carbonyl (C=O) groups excluding carboxylic acids is 1. The molecule has 0 fully saturated rings. The summed E-state index contributed by atoms with van der Waals surface area (Å²) in [7, 11) is 1.39. The van der Waals surface area contributed by atoms with Crippen LogP contribution in [0.1, 0.15) is 36.8 Å². The molecule has 2 aromatic rings. The van der Waals surface area contributed by atoms with Crippen molar-refractivity contribution in [3.05, 3.63) is 52.5 Å². The van der Waals surface area contributed by atoms with Crippen molar-refractivity contribution in [2.45, 2.75) is 43.9 Å². The van der Waals surface area contributed by atoms with Gasteiger partial charge >= 0.3 is 6.18 Å². The quantitative estimate of drug-likeness (QED) is 0.548. The minimum absolute atomic E-state index is 0.134. The third-order valence-corrected chi connectivity index (χ3v) is 5.62. The molecular formula is C22H22ClF3N2O3. The molecule has 1 aliphatic heterocycles. The maximum Gasteiger partial charge on any atom is 0.422 e. The Bertz CT molecular complexity index is 1010. The van der Waals surface area contributed by atoms with Gasteiger partial charge in [-0.05, 0) is 54.2 Å². The Labute approximate surface area is 182 Å². The van der Waals surface area contributed by atoms with Crippen molar-refractivity contribution in [1.82, 2.24) is 0 Å². The zero-order valence-corrected chi connectivity index (χ0v) is 17.7. The lowest BCUT2D eigenvalue weighted by molar-refractivity contribution is -0.232. The number of fused-ring (bicyclic) bond motifs is 1. The number of methoxy groups -OCH3 is 1. The van der Waals surface area contributed by atoms with Gasteiger partial charge < -0.3 is 15.2 Å². The van der Waals surface area contributed by atoms with Gasteiger partial charge in [0.15, 0.2) is 5.60 Å². The molecule has 166 valence electrons. The number of aliphatic hydroxyl groups is 1. The van der Waals surface area contributed by atoms with E-state index < -0.39 is 24.1 Å². The Hall–Kier alpha value is -2.58. The van der Waals surface area contributed by atoms with Crippen molar-refractivity contribution in [3.8, 4) is 5.75 Å². The number of hydrogen-bond acceptors (Lipinski definition) is 4. The number of ether oxygens (including phenoxy) is 1. The fourth-order valence-corrected chi connectivity index (χ4v) is 3.89. The number of anilines is 1. The second-order valence-corrected chi connectivity index (χ2v) is 7.83. The summed E-state index contributed by atoms with van der Waals surface area (Å²) in [6.07, 6.45) is -4.63. The lowest BCUT2D eigenvalue weighted by atomic mass is 9.84. The lowest BCUT2D eigenvalue weighted by Gasteiger charge is -2.31.